The summed E-state index contributed by atoms with van der Waals surface area (Å²) in [5.41, 5.74) is 1.01. The first kappa shape index (κ1) is 6.52. The lowest BCUT2D eigenvalue weighted by Crippen LogP contribution is -1.97. The molecule has 0 spiro atoms. The Kier molecular flexibility index (Phi) is 1.45. The predicted octanol–water partition coefficient (Wildman–Crippen LogP) is 0.758. The van der Waals surface area contributed by atoms with Crippen LogP contribution in [0.4, 0.5) is 0 Å². The maximum Gasteiger partial charge on any atom is 0.335 e. The predicted molar refractivity (Wildman–Crippen MR) is 38.4 cm³/mol. The Labute approximate surface area is 64.6 Å². The van der Waals surface area contributed by atoms with Crippen molar-refractivity contribution in [2.75, 3.05) is 7.11 Å². The third kappa shape index (κ3) is 1.29. The van der Waals surface area contributed by atoms with Gasteiger partial charge in [0, 0.05) is 5.92 Å². The lowest BCUT2D eigenvalue weighted by Gasteiger charge is -1.97. The van der Waals surface area contributed by atoms with Crippen molar-refractivity contribution in [3.63, 3.8) is 0 Å². The molecule has 0 radical (unpaired) electrons. The fourth-order valence-corrected chi connectivity index (χ4v) is 0.961. The summed E-state index contributed by atoms with van der Waals surface area (Å²) in [6.45, 7) is 0. The van der Waals surface area contributed by atoms with Crippen molar-refractivity contribution in [3.8, 4) is 6.01 Å². The Morgan fingerprint density at radius 1 is 1.55 bits per heavy atom. The molecule has 0 unspecified atom stereocenters. The minimum absolute atomic E-state index is 0.370. The molecule has 0 bridgehead atoms. The van der Waals surface area contributed by atoms with Gasteiger partial charge >= 0.3 is 6.01 Å². The van der Waals surface area contributed by atoms with Crippen LogP contribution < -0.4 is 4.74 Å². The zero-order valence-electron chi connectivity index (χ0n) is 6.32. The van der Waals surface area contributed by atoms with Crippen LogP contribution in [-0.2, 0) is 0 Å². The molecule has 1 aliphatic carbocycles. The quantitative estimate of drug-likeness (QED) is 0.626. The molecule has 2 rings (SSSR count). The second kappa shape index (κ2) is 2.45. The molecular formula is C7H9N3O. The first-order valence-corrected chi connectivity index (χ1v) is 3.64. The summed E-state index contributed by atoms with van der Waals surface area (Å²) in [5.74, 6) is 0.611. The van der Waals surface area contributed by atoms with E-state index in [4.69, 9.17) is 4.74 Å². The molecule has 1 fully saturated rings. The summed E-state index contributed by atoms with van der Waals surface area (Å²) in [6, 6.07) is 0.370. The number of methoxy groups -OCH3 is 1. The van der Waals surface area contributed by atoms with E-state index in [0.717, 1.165) is 5.69 Å². The van der Waals surface area contributed by atoms with Crippen LogP contribution in [0.25, 0.3) is 0 Å². The van der Waals surface area contributed by atoms with Crippen molar-refractivity contribution in [3.05, 3.63) is 11.9 Å². The molecule has 58 valence electrons. The molecule has 0 N–H and O–H groups in total. The largest absolute Gasteiger partial charge is 0.466 e. The number of nitrogens with zero attached hydrogens (tertiary/aromatic N) is 3. The number of hydrogen-bond donors (Lipinski definition) is 0. The Bertz CT molecular complexity index is 260. The summed E-state index contributed by atoms with van der Waals surface area (Å²) in [6.07, 6.45) is 4.16. The summed E-state index contributed by atoms with van der Waals surface area (Å²) < 4.78 is 4.85. The third-order valence-electron chi connectivity index (χ3n) is 1.74. The van der Waals surface area contributed by atoms with Crippen LogP contribution in [0.5, 0.6) is 6.01 Å². The molecule has 0 atom stereocenters. The van der Waals surface area contributed by atoms with Crippen molar-refractivity contribution in [1.29, 1.82) is 0 Å². The van der Waals surface area contributed by atoms with Gasteiger partial charge in [-0.05, 0) is 12.8 Å². The molecule has 11 heavy (non-hydrogen) atoms. The zero-order chi connectivity index (χ0) is 7.68. The Balaban J connectivity index is 2.26. The molecule has 0 saturated heterocycles. The molecule has 0 amide bonds. The van der Waals surface area contributed by atoms with E-state index in [-0.39, 0.29) is 0 Å². The molecule has 4 nitrogen and oxygen atoms in total. The molecule has 1 heterocycles. The van der Waals surface area contributed by atoms with E-state index in [2.05, 4.69) is 15.2 Å². The van der Waals surface area contributed by atoms with Gasteiger partial charge < -0.3 is 4.74 Å². The van der Waals surface area contributed by atoms with Crippen LogP contribution in [-0.4, -0.2) is 22.3 Å². The Morgan fingerprint density at radius 3 is 3.00 bits per heavy atom. The molecule has 1 aliphatic rings. The minimum Gasteiger partial charge on any atom is -0.466 e. The molecule has 0 aromatic carbocycles. The van der Waals surface area contributed by atoms with E-state index < -0.39 is 0 Å². The maximum absolute atomic E-state index is 4.85. The summed E-state index contributed by atoms with van der Waals surface area (Å²) in [7, 11) is 1.55. The van der Waals surface area contributed by atoms with Crippen molar-refractivity contribution in [1.82, 2.24) is 15.2 Å². The first-order chi connectivity index (χ1) is 5.40. The molecule has 0 aliphatic heterocycles. The number of rotatable bonds is 2. The average Bonchev–Trinajstić information content (AvgIpc) is 2.87. The van der Waals surface area contributed by atoms with E-state index >= 15 is 0 Å². The van der Waals surface area contributed by atoms with Crippen molar-refractivity contribution < 1.29 is 4.74 Å². The second-order valence-corrected chi connectivity index (χ2v) is 2.64. The summed E-state index contributed by atoms with van der Waals surface area (Å²) in [5, 5.41) is 7.46. The minimum atomic E-state index is 0.370. The lowest BCUT2D eigenvalue weighted by atomic mass is 10.3. The highest BCUT2D eigenvalue weighted by atomic mass is 16.5. The average molecular weight is 151 g/mol. The van der Waals surface area contributed by atoms with Gasteiger partial charge in [-0.25, -0.2) is 0 Å². The maximum atomic E-state index is 4.85. The van der Waals surface area contributed by atoms with Gasteiger partial charge in [0.2, 0.25) is 0 Å². The number of aromatic nitrogens is 3. The van der Waals surface area contributed by atoms with Crippen LogP contribution >= 0.6 is 0 Å². The van der Waals surface area contributed by atoms with Crippen molar-refractivity contribution in [2.45, 2.75) is 18.8 Å². The van der Waals surface area contributed by atoms with Crippen LogP contribution in [0.15, 0.2) is 6.20 Å². The fraction of sp³-hybridized carbons (Fsp3) is 0.571. The van der Waals surface area contributed by atoms with E-state index in [0.29, 0.717) is 11.9 Å². The number of ether oxygens (including phenoxy) is 1. The fourth-order valence-electron chi connectivity index (χ4n) is 0.961. The van der Waals surface area contributed by atoms with Gasteiger partial charge in [-0.2, -0.15) is 10.1 Å². The van der Waals surface area contributed by atoms with Gasteiger partial charge in [0.05, 0.1) is 19.0 Å². The first-order valence-electron chi connectivity index (χ1n) is 3.64. The van der Waals surface area contributed by atoms with Crippen LogP contribution in [0.2, 0.25) is 0 Å². The van der Waals surface area contributed by atoms with Crippen molar-refractivity contribution in [2.24, 2.45) is 0 Å². The summed E-state index contributed by atoms with van der Waals surface area (Å²) >= 11 is 0. The standard InChI is InChI=1S/C7H9N3O/c1-11-7-9-6(4-8-10-7)5-2-3-5/h4-5H,2-3H2,1H3. The van der Waals surface area contributed by atoms with E-state index in [1.807, 2.05) is 0 Å². The van der Waals surface area contributed by atoms with Gasteiger partial charge in [-0.1, -0.05) is 5.10 Å². The Morgan fingerprint density at radius 2 is 2.36 bits per heavy atom. The van der Waals surface area contributed by atoms with Gasteiger partial charge in [0.25, 0.3) is 0 Å². The molecule has 1 saturated carbocycles. The van der Waals surface area contributed by atoms with E-state index in [9.17, 15) is 0 Å². The molecule has 4 heteroatoms. The second-order valence-electron chi connectivity index (χ2n) is 2.64. The van der Waals surface area contributed by atoms with Gasteiger partial charge in [-0.15, -0.1) is 0 Å². The molecular weight excluding hydrogens is 142 g/mol. The third-order valence-corrected chi connectivity index (χ3v) is 1.74. The van der Waals surface area contributed by atoms with Crippen LogP contribution in [0.1, 0.15) is 24.5 Å². The SMILES string of the molecule is COc1nncc(C2CC2)n1. The van der Waals surface area contributed by atoms with Gasteiger partial charge in [0.15, 0.2) is 0 Å². The van der Waals surface area contributed by atoms with Crippen molar-refractivity contribution >= 4 is 0 Å². The normalized spacial score (nSPS) is 16.5. The zero-order valence-corrected chi connectivity index (χ0v) is 6.32. The van der Waals surface area contributed by atoms with Crippen LogP contribution in [0, 0.1) is 0 Å². The topological polar surface area (TPSA) is 47.9 Å². The smallest absolute Gasteiger partial charge is 0.335 e. The van der Waals surface area contributed by atoms with Gasteiger partial charge in [0.1, 0.15) is 0 Å². The molecule has 1 aromatic heterocycles. The van der Waals surface area contributed by atoms with Crippen LogP contribution in [0.3, 0.4) is 0 Å². The highest BCUT2D eigenvalue weighted by Gasteiger charge is 2.25. The van der Waals surface area contributed by atoms with Gasteiger partial charge in [-0.3, -0.25) is 0 Å². The molecule has 1 aromatic rings. The van der Waals surface area contributed by atoms with E-state index in [1.54, 1.807) is 13.3 Å². The summed E-state index contributed by atoms with van der Waals surface area (Å²) in [4.78, 5) is 4.16. The van der Waals surface area contributed by atoms with E-state index in [1.165, 1.54) is 12.8 Å². The Hall–Kier alpha value is -1.19. The highest BCUT2D eigenvalue weighted by Crippen LogP contribution is 2.38. The number of hydrogen-bond acceptors (Lipinski definition) is 4. The highest BCUT2D eigenvalue weighted by molar-refractivity contribution is 5.11. The monoisotopic (exact) mass is 151 g/mol. The lowest BCUT2D eigenvalue weighted by molar-refractivity contribution is 0.371.